The number of pyridine rings is 1. The fourth-order valence-corrected chi connectivity index (χ4v) is 7.41. The number of aromatic nitrogens is 2. The summed E-state index contributed by atoms with van der Waals surface area (Å²) in [6.45, 7) is 1.25. The van der Waals surface area contributed by atoms with E-state index in [1.165, 1.54) is 41.9 Å². The molecule has 0 amide bonds. The van der Waals surface area contributed by atoms with Gasteiger partial charge in [0, 0.05) is 49.5 Å². The van der Waals surface area contributed by atoms with Crippen LogP contribution in [0.15, 0.2) is 52.5 Å². The smallest absolute Gasteiger partial charge is 0.244 e. The molecule has 2 atom stereocenters. The fraction of sp³-hybridized carbons (Fsp3) is 0.462. The molecule has 2 fully saturated rings. The number of aliphatic hydroxyl groups excluding tert-OH is 1. The van der Waals surface area contributed by atoms with Crippen molar-refractivity contribution in [1.29, 1.82) is 5.26 Å². The summed E-state index contributed by atoms with van der Waals surface area (Å²) < 4.78 is 66.0. The highest BCUT2D eigenvalue weighted by atomic mass is 32.2. The van der Waals surface area contributed by atoms with Crippen molar-refractivity contribution >= 4 is 31.1 Å². The van der Waals surface area contributed by atoms with Crippen LogP contribution in [0.4, 0.5) is 0 Å². The van der Waals surface area contributed by atoms with Crippen molar-refractivity contribution in [3.8, 4) is 11.8 Å². The number of aliphatic hydroxyl groups is 1. The van der Waals surface area contributed by atoms with Crippen molar-refractivity contribution in [3.63, 3.8) is 0 Å². The summed E-state index contributed by atoms with van der Waals surface area (Å²) in [5.41, 5.74) is 0.356. The van der Waals surface area contributed by atoms with Gasteiger partial charge in [-0.2, -0.15) is 9.57 Å². The highest BCUT2D eigenvalue weighted by Gasteiger charge is 2.44. The zero-order valence-corrected chi connectivity index (χ0v) is 24.0. The lowest BCUT2D eigenvalue weighted by atomic mass is 9.88. The zero-order valence-electron chi connectivity index (χ0n) is 22.4. The summed E-state index contributed by atoms with van der Waals surface area (Å²) in [5, 5.41) is 23.4. The first-order chi connectivity index (χ1) is 19.5. The van der Waals surface area contributed by atoms with Gasteiger partial charge in [-0.1, -0.05) is 6.07 Å². The number of rotatable bonds is 10. The number of hydrogen-bond acceptors (Lipinski definition) is 10. The number of fused-ring (bicyclic) bond motifs is 1. The van der Waals surface area contributed by atoms with E-state index in [4.69, 9.17) is 9.47 Å². The maximum atomic E-state index is 13.3. The van der Waals surface area contributed by atoms with Crippen molar-refractivity contribution in [3.05, 3.63) is 48.3 Å². The number of aromatic amines is 1. The third-order valence-electron chi connectivity index (χ3n) is 7.58. The molecule has 13 nitrogen and oxygen atoms in total. The van der Waals surface area contributed by atoms with Crippen LogP contribution in [-0.2, 0) is 24.8 Å². The van der Waals surface area contributed by atoms with Crippen LogP contribution in [0.3, 0.4) is 0 Å². The third kappa shape index (κ3) is 6.24. The van der Waals surface area contributed by atoms with E-state index in [9.17, 15) is 27.2 Å². The normalized spacial score (nSPS) is 20.3. The number of H-pyrrole nitrogens is 1. The largest absolute Gasteiger partial charge is 0.491 e. The molecule has 2 aromatic heterocycles. The van der Waals surface area contributed by atoms with Gasteiger partial charge in [0.15, 0.2) is 0 Å². The minimum absolute atomic E-state index is 0.0125. The molecule has 15 heteroatoms. The number of ether oxygens (including phenoxy) is 2. The molecule has 0 bridgehead atoms. The molecule has 2 unspecified atom stereocenters. The van der Waals surface area contributed by atoms with E-state index in [0.29, 0.717) is 61.3 Å². The van der Waals surface area contributed by atoms with E-state index < -0.39 is 31.8 Å². The SMILES string of the molecule is CNS(=O)(=O)c1cccc(OCC(O)CNC2COC3(CCN(S(=O)(=O)c4cnc5[nH]cc(C#N)c5c4)CC3)C2)c1. The Hall–Kier alpha value is -3.10. The van der Waals surface area contributed by atoms with Crippen LogP contribution >= 0.6 is 0 Å². The summed E-state index contributed by atoms with van der Waals surface area (Å²) in [6.07, 6.45) is 3.72. The van der Waals surface area contributed by atoms with Crippen molar-refractivity contribution < 1.29 is 31.4 Å². The lowest BCUT2D eigenvalue weighted by Gasteiger charge is -2.38. The number of nitrogens with zero attached hydrogens (tertiary/aromatic N) is 3. The average molecular weight is 605 g/mol. The number of nitriles is 1. The Kier molecular flexibility index (Phi) is 8.35. The van der Waals surface area contributed by atoms with Gasteiger partial charge in [-0.25, -0.2) is 26.5 Å². The average Bonchev–Trinajstić information content (AvgIpc) is 3.58. The van der Waals surface area contributed by atoms with Crippen LogP contribution in [0.5, 0.6) is 5.75 Å². The Labute approximate surface area is 238 Å². The van der Waals surface area contributed by atoms with Gasteiger partial charge in [0.05, 0.1) is 22.7 Å². The van der Waals surface area contributed by atoms with Crippen LogP contribution in [-0.4, -0.2) is 93.9 Å². The van der Waals surface area contributed by atoms with Crippen LogP contribution in [0.1, 0.15) is 24.8 Å². The summed E-state index contributed by atoms with van der Waals surface area (Å²) >= 11 is 0. The van der Waals surface area contributed by atoms with Crippen molar-refractivity contribution in [1.82, 2.24) is 24.3 Å². The molecule has 41 heavy (non-hydrogen) atoms. The zero-order chi connectivity index (χ0) is 29.3. The minimum atomic E-state index is -3.79. The number of piperidine rings is 1. The van der Waals surface area contributed by atoms with Gasteiger partial charge >= 0.3 is 0 Å². The Bertz CT molecular complexity index is 1660. The van der Waals surface area contributed by atoms with Gasteiger partial charge in [0.2, 0.25) is 20.0 Å². The Morgan fingerprint density at radius 3 is 2.78 bits per heavy atom. The summed E-state index contributed by atoms with van der Waals surface area (Å²) in [6, 6.07) is 9.55. The van der Waals surface area contributed by atoms with Crippen LogP contribution in [0.25, 0.3) is 11.0 Å². The van der Waals surface area contributed by atoms with E-state index in [0.717, 1.165) is 0 Å². The maximum Gasteiger partial charge on any atom is 0.244 e. The number of sulfonamides is 2. The van der Waals surface area contributed by atoms with Gasteiger partial charge in [-0.05, 0) is 44.5 Å². The first-order valence-corrected chi connectivity index (χ1v) is 16.1. The van der Waals surface area contributed by atoms with Gasteiger partial charge in [-0.15, -0.1) is 0 Å². The van der Waals surface area contributed by atoms with E-state index in [1.807, 2.05) is 6.07 Å². The highest BCUT2D eigenvalue weighted by Crippen LogP contribution is 2.37. The fourth-order valence-electron chi connectivity index (χ4n) is 5.23. The molecule has 1 spiro atoms. The molecule has 0 aliphatic carbocycles. The minimum Gasteiger partial charge on any atom is -0.491 e. The summed E-state index contributed by atoms with van der Waals surface area (Å²) in [7, 11) is -6.06. The standard InChI is InChI=1S/C26H32N6O7S2/c1-28-40(34,35)22-4-2-3-21(9-22)38-17-20(33)14-29-19-11-26(39-16-19)5-7-32(8-6-26)41(36,37)23-10-24-18(12-27)13-30-25(24)31-15-23/h2-4,9-10,13,15,19-20,28-29,33H,5-8,11,14,16-17H2,1H3,(H,30,31). The molecule has 4 heterocycles. The predicted octanol–water partition coefficient (Wildman–Crippen LogP) is 0.684. The summed E-state index contributed by atoms with van der Waals surface area (Å²) in [5.74, 6) is 0.333. The second-order valence-corrected chi connectivity index (χ2v) is 14.1. The molecule has 2 aliphatic rings. The predicted molar refractivity (Wildman–Crippen MR) is 148 cm³/mol. The molecule has 5 rings (SSSR count). The lowest BCUT2D eigenvalue weighted by Crippen LogP contribution is -2.47. The lowest BCUT2D eigenvalue weighted by molar-refractivity contribution is -0.0312. The quantitative estimate of drug-likeness (QED) is 0.256. The first kappa shape index (κ1) is 29.4. The number of nitrogens with one attached hydrogen (secondary N) is 3. The summed E-state index contributed by atoms with van der Waals surface area (Å²) in [4.78, 5) is 7.16. The highest BCUT2D eigenvalue weighted by molar-refractivity contribution is 7.89. The molecule has 0 saturated carbocycles. The molecule has 0 radical (unpaired) electrons. The second kappa shape index (κ2) is 11.6. The molecular formula is C26H32N6O7S2. The van der Waals surface area contributed by atoms with Crippen LogP contribution in [0.2, 0.25) is 0 Å². The van der Waals surface area contributed by atoms with Crippen LogP contribution in [0, 0.1) is 11.3 Å². The topological polar surface area (TPSA) is 187 Å². The molecular weight excluding hydrogens is 572 g/mol. The Morgan fingerprint density at radius 2 is 2.05 bits per heavy atom. The van der Waals surface area contributed by atoms with Gasteiger partial charge in [0.25, 0.3) is 0 Å². The number of benzene rings is 1. The molecule has 2 aliphatic heterocycles. The van der Waals surface area contributed by atoms with Gasteiger partial charge < -0.3 is 24.9 Å². The van der Waals surface area contributed by atoms with Crippen LogP contribution < -0.4 is 14.8 Å². The monoisotopic (exact) mass is 604 g/mol. The van der Waals surface area contributed by atoms with Gasteiger partial charge in [-0.3, -0.25) is 0 Å². The number of hydrogen-bond donors (Lipinski definition) is 4. The molecule has 2 saturated heterocycles. The van der Waals surface area contributed by atoms with E-state index >= 15 is 0 Å². The second-order valence-electron chi connectivity index (χ2n) is 10.2. The Morgan fingerprint density at radius 1 is 1.27 bits per heavy atom. The van der Waals surface area contributed by atoms with E-state index in [2.05, 4.69) is 20.0 Å². The van der Waals surface area contributed by atoms with E-state index in [1.54, 1.807) is 12.1 Å². The first-order valence-electron chi connectivity index (χ1n) is 13.1. The van der Waals surface area contributed by atoms with Gasteiger partial charge in [0.1, 0.15) is 35.1 Å². The van der Waals surface area contributed by atoms with Crippen molar-refractivity contribution in [2.45, 2.75) is 46.8 Å². The van der Waals surface area contributed by atoms with E-state index in [-0.39, 0.29) is 29.0 Å². The Balaban J connectivity index is 1.10. The molecule has 3 aromatic rings. The molecule has 1 aromatic carbocycles. The third-order valence-corrected chi connectivity index (χ3v) is 10.9. The maximum absolute atomic E-state index is 13.3. The molecule has 4 N–H and O–H groups in total. The van der Waals surface area contributed by atoms with Crippen molar-refractivity contribution in [2.24, 2.45) is 0 Å². The molecule has 220 valence electrons. The van der Waals surface area contributed by atoms with Crippen molar-refractivity contribution in [2.75, 3.05) is 39.9 Å².